The molecule has 2 amide bonds. The summed E-state index contributed by atoms with van der Waals surface area (Å²) in [5.74, 6) is 0.782. The van der Waals surface area contributed by atoms with Crippen molar-refractivity contribution in [2.24, 2.45) is 0 Å². The number of carbonyl (C=O) groups is 2. The summed E-state index contributed by atoms with van der Waals surface area (Å²) >= 11 is 0. The molecule has 7 heteroatoms. The Morgan fingerprint density at radius 3 is 2.24 bits per heavy atom. The highest BCUT2D eigenvalue weighted by atomic mass is 16.5. The Balaban J connectivity index is 2.23. The molecule has 2 aromatic carbocycles. The first kappa shape index (κ1) is 21.8. The molecule has 0 fully saturated rings. The molecule has 7 nitrogen and oxygen atoms in total. The van der Waals surface area contributed by atoms with Crippen molar-refractivity contribution in [3.63, 3.8) is 0 Å². The molecule has 0 heterocycles. The van der Waals surface area contributed by atoms with Crippen molar-refractivity contribution < 1.29 is 23.8 Å². The van der Waals surface area contributed by atoms with Crippen LogP contribution in [0, 0.1) is 0 Å². The number of rotatable bonds is 8. The van der Waals surface area contributed by atoms with E-state index in [1.165, 1.54) is 27.4 Å². The van der Waals surface area contributed by atoms with Crippen LogP contribution in [0.2, 0.25) is 0 Å². The lowest BCUT2D eigenvalue weighted by Crippen LogP contribution is -2.30. The zero-order valence-corrected chi connectivity index (χ0v) is 17.2. The highest BCUT2D eigenvalue weighted by molar-refractivity contribution is 6.07. The molecule has 0 unspecified atom stereocenters. The summed E-state index contributed by atoms with van der Waals surface area (Å²) in [7, 11) is 4.56. The molecule has 0 bridgehead atoms. The summed E-state index contributed by atoms with van der Waals surface area (Å²) in [6, 6.07) is 10.3. The van der Waals surface area contributed by atoms with Crippen molar-refractivity contribution in [1.82, 2.24) is 5.32 Å². The van der Waals surface area contributed by atoms with Gasteiger partial charge < -0.3 is 24.8 Å². The Hall–Kier alpha value is -3.48. The number of amides is 2. The maximum Gasteiger partial charge on any atom is 0.253 e. The molecule has 29 heavy (non-hydrogen) atoms. The van der Waals surface area contributed by atoms with E-state index in [0.29, 0.717) is 34.1 Å². The highest BCUT2D eigenvalue weighted by Crippen LogP contribution is 2.40. The number of methoxy groups -OCH3 is 3. The van der Waals surface area contributed by atoms with Gasteiger partial charge in [-0.2, -0.15) is 0 Å². The average molecular weight is 398 g/mol. The highest BCUT2D eigenvalue weighted by Gasteiger charge is 2.15. The summed E-state index contributed by atoms with van der Waals surface area (Å²) in [5, 5.41) is 5.56. The van der Waals surface area contributed by atoms with Gasteiger partial charge in [0.1, 0.15) is 0 Å². The van der Waals surface area contributed by atoms with Crippen molar-refractivity contribution in [3.8, 4) is 17.2 Å². The first-order valence-electron chi connectivity index (χ1n) is 9.09. The van der Waals surface area contributed by atoms with Gasteiger partial charge in [0, 0.05) is 17.7 Å². The van der Waals surface area contributed by atoms with Gasteiger partial charge in [-0.1, -0.05) is 12.1 Å². The second kappa shape index (κ2) is 10.2. The van der Waals surface area contributed by atoms with E-state index in [1.54, 1.807) is 42.5 Å². The fraction of sp³-hybridized carbons (Fsp3) is 0.273. The number of carbonyl (C=O) groups excluding carboxylic acids is 2. The predicted octanol–water partition coefficient (Wildman–Crippen LogP) is 3.50. The van der Waals surface area contributed by atoms with Gasteiger partial charge in [0.2, 0.25) is 11.7 Å². The zero-order valence-electron chi connectivity index (χ0n) is 17.2. The summed E-state index contributed by atoms with van der Waals surface area (Å²) in [5.41, 5.74) is 1.47. The molecule has 0 aromatic heterocycles. The first-order valence-corrected chi connectivity index (χ1v) is 9.09. The Bertz CT molecular complexity index is 906. The summed E-state index contributed by atoms with van der Waals surface area (Å²) < 4.78 is 16.0. The van der Waals surface area contributed by atoms with Gasteiger partial charge in [0.15, 0.2) is 11.5 Å². The second-order valence-electron chi connectivity index (χ2n) is 6.42. The Kier molecular flexibility index (Phi) is 7.65. The first-order chi connectivity index (χ1) is 13.9. The largest absolute Gasteiger partial charge is 0.493 e. The maximum atomic E-state index is 12.4. The van der Waals surface area contributed by atoms with Crippen LogP contribution in [0.4, 0.5) is 5.69 Å². The minimum absolute atomic E-state index is 0.0105. The summed E-state index contributed by atoms with van der Waals surface area (Å²) in [4.78, 5) is 24.8. The third kappa shape index (κ3) is 5.51. The van der Waals surface area contributed by atoms with Crippen molar-refractivity contribution in [2.75, 3.05) is 26.6 Å². The lowest BCUT2D eigenvalue weighted by molar-refractivity contribution is -0.111. The van der Waals surface area contributed by atoms with Gasteiger partial charge >= 0.3 is 0 Å². The Labute approximate surface area is 170 Å². The molecule has 0 aliphatic rings. The average Bonchev–Trinajstić information content (AvgIpc) is 2.71. The van der Waals surface area contributed by atoms with Gasteiger partial charge in [-0.05, 0) is 44.2 Å². The van der Waals surface area contributed by atoms with E-state index in [0.717, 1.165) is 0 Å². The van der Waals surface area contributed by atoms with Crippen molar-refractivity contribution in [2.45, 2.75) is 19.9 Å². The molecule has 0 spiro atoms. The zero-order chi connectivity index (χ0) is 21.4. The standard InChI is InChI=1S/C22H26N2O5/c1-14(2)23-22(26)16-8-6-7-9-17(16)24-19(25)13-11-15-10-12-18(27-3)21(29-5)20(15)28-4/h6-14H,1-5H3,(H,23,26)(H,24,25)/b13-11+. The summed E-state index contributed by atoms with van der Waals surface area (Å²) in [6.07, 6.45) is 2.97. The fourth-order valence-corrected chi connectivity index (χ4v) is 2.73. The van der Waals surface area contributed by atoms with E-state index in [-0.39, 0.29) is 17.9 Å². The molecular formula is C22H26N2O5. The number of nitrogens with one attached hydrogen (secondary N) is 2. The van der Waals surface area contributed by atoms with E-state index in [4.69, 9.17) is 14.2 Å². The number of ether oxygens (including phenoxy) is 3. The quantitative estimate of drug-likeness (QED) is 0.665. The molecule has 2 aromatic rings. The molecule has 0 saturated carbocycles. The SMILES string of the molecule is COc1ccc(/C=C/C(=O)Nc2ccccc2C(=O)NC(C)C)c(OC)c1OC. The van der Waals surface area contributed by atoms with Crippen LogP contribution in [-0.2, 0) is 4.79 Å². The van der Waals surface area contributed by atoms with Gasteiger partial charge in [0.05, 0.1) is 32.6 Å². The monoisotopic (exact) mass is 398 g/mol. The normalized spacial score (nSPS) is 10.7. The van der Waals surface area contributed by atoms with E-state index >= 15 is 0 Å². The molecular weight excluding hydrogens is 372 g/mol. The molecule has 0 aliphatic heterocycles. The van der Waals surface area contributed by atoms with Crippen LogP contribution in [0.1, 0.15) is 29.8 Å². The lowest BCUT2D eigenvalue weighted by Gasteiger charge is -2.14. The molecule has 0 aliphatic carbocycles. The Morgan fingerprint density at radius 2 is 1.62 bits per heavy atom. The van der Waals surface area contributed by atoms with E-state index in [9.17, 15) is 9.59 Å². The molecule has 2 N–H and O–H groups in total. The molecule has 0 radical (unpaired) electrons. The third-order valence-corrected chi connectivity index (χ3v) is 4.00. The van der Waals surface area contributed by atoms with E-state index < -0.39 is 0 Å². The number of hydrogen-bond acceptors (Lipinski definition) is 5. The smallest absolute Gasteiger partial charge is 0.253 e. The van der Waals surface area contributed by atoms with Crippen LogP contribution >= 0.6 is 0 Å². The number of hydrogen-bond donors (Lipinski definition) is 2. The fourth-order valence-electron chi connectivity index (χ4n) is 2.73. The van der Waals surface area contributed by atoms with Crippen molar-refractivity contribution in [1.29, 1.82) is 0 Å². The van der Waals surface area contributed by atoms with Crippen LogP contribution in [-0.4, -0.2) is 39.2 Å². The predicted molar refractivity (Wildman–Crippen MR) is 113 cm³/mol. The third-order valence-electron chi connectivity index (χ3n) is 4.00. The van der Waals surface area contributed by atoms with Gasteiger partial charge in [-0.25, -0.2) is 0 Å². The van der Waals surface area contributed by atoms with Crippen LogP contribution in [0.3, 0.4) is 0 Å². The lowest BCUT2D eigenvalue weighted by atomic mass is 10.1. The molecule has 154 valence electrons. The van der Waals surface area contributed by atoms with Crippen LogP contribution in [0.5, 0.6) is 17.2 Å². The Morgan fingerprint density at radius 1 is 0.931 bits per heavy atom. The molecule has 2 rings (SSSR count). The summed E-state index contributed by atoms with van der Waals surface area (Å²) in [6.45, 7) is 3.75. The number of benzene rings is 2. The number of anilines is 1. The van der Waals surface area contributed by atoms with Gasteiger partial charge in [-0.15, -0.1) is 0 Å². The van der Waals surface area contributed by atoms with Gasteiger partial charge in [0.25, 0.3) is 5.91 Å². The maximum absolute atomic E-state index is 12.4. The second-order valence-corrected chi connectivity index (χ2v) is 6.42. The minimum atomic E-state index is -0.383. The molecule has 0 saturated heterocycles. The van der Waals surface area contributed by atoms with Gasteiger partial charge in [-0.3, -0.25) is 9.59 Å². The van der Waals surface area contributed by atoms with E-state index in [2.05, 4.69) is 10.6 Å². The van der Waals surface area contributed by atoms with E-state index in [1.807, 2.05) is 13.8 Å². The van der Waals surface area contributed by atoms with Crippen molar-refractivity contribution >= 4 is 23.6 Å². The minimum Gasteiger partial charge on any atom is -0.493 e. The topological polar surface area (TPSA) is 85.9 Å². The number of para-hydroxylation sites is 1. The van der Waals surface area contributed by atoms with Crippen LogP contribution in [0.25, 0.3) is 6.08 Å². The van der Waals surface area contributed by atoms with Crippen LogP contribution in [0.15, 0.2) is 42.5 Å². The molecule has 0 atom stereocenters. The van der Waals surface area contributed by atoms with Crippen LogP contribution < -0.4 is 24.8 Å². The van der Waals surface area contributed by atoms with Crippen molar-refractivity contribution in [3.05, 3.63) is 53.6 Å².